The van der Waals surface area contributed by atoms with Crippen molar-refractivity contribution >= 4 is 27.4 Å². The Bertz CT molecular complexity index is 549. The average molecular weight is 280 g/mol. The summed E-state index contributed by atoms with van der Waals surface area (Å²) in [6, 6.07) is 0.174. The quantitative estimate of drug-likeness (QED) is 0.847. The van der Waals surface area contributed by atoms with Gasteiger partial charge in [0.25, 0.3) is 0 Å². The zero-order valence-corrected chi connectivity index (χ0v) is 12.4. The van der Waals surface area contributed by atoms with Crippen LogP contribution in [-0.2, 0) is 4.74 Å². The fraction of sp³-hybridized carbons (Fsp3) is 0.538. The number of rotatable bonds is 6. The highest BCUT2D eigenvalue weighted by molar-refractivity contribution is 7.18. The summed E-state index contributed by atoms with van der Waals surface area (Å²) in [6.45, 7) is 5.46. The minimum atomic E-state index is 0.174. The molecular formula is C13H20N4OS. The van der Waals surface area contributed by atoms with Crippen molar-refractivity contribution < 1.29 is 4.74 Å². The maximum absolute atomic E-state index is 5.63. The van der Waals surface area contributed by atoms with Gasteiger partial charge in [0.2, 0.25) is 0 Å². The zero-order chi connectivity index (χ0) is 13.8. The van der Waals surface area contributed by atoms with Gasteiger partial charge in [-0.2, -0.15) is 0 Å². The molecule has 19 heavy (non-hydrogen) atoms. The van der Waals surface area contributed by atoms with E-state index in [0.717, 1.165) is 22.5 Å². The normalized spacial score (nSPS) is 12.8. The molecular weight excluding hydrogens is 260 g/mol. The van der Waals surface area contributed by atoms with Gasteiger partial charge in [0.05, 0.1) is 18.0 Å². The molecule has 0 spiro atoms. The number of hydrogen-bond acceptors (Lipinski definition) is 6. The molecule has 0 saturated heterocycles. The molecule has 104 valence electrons. The fourth-order valence-corrected chi connectivity index (χ4v) is 3.08. The number of aromatic nitrogens is 2. The van der Waals surface area contributed by atoms with Gasteiger partial charge < -0.3 is 15.8 Å². The van der Waals surface area contributed by atoms with E-state index in [1.54, 1.807) is 24.8 Å². The van der Waals surface area contributed by atoms with Crippen LogP contribution in [0.4, 0.5) is 5.82 Å². The van der Waals surface area contributed by atoms with Crippen LogP contribution in [0.15, 0.2) is 6.33 Å². The summed E-state index contributed by atoms with van der Waals surface area (Å²) in [4.78, 5) is 11.0. The highest BCUT2D eigenvalue weighted by Gasteiger charge is 2.15. The van der Waals surface area contributed by atoms with Crippen LogP contribution in [0.25, 0.3) is 10.2 Å². The van der Waals surface area contributed by atoms with E-state index in [9.17, 15) is 0 Å². The van der Waals surface area contributed by atoms with Crippen molar-refractivity contribution in [2.24, 2.45) is 5.73 Å². The lowest BCUT2D eigenvalue weighted by molar-refractivity contribution is 0.183. The van der Waals surface area contributed by atoms with E-state index in [4.69, 9.17) is 10.5 Å². The van der Waals surface area contributed by atoms with Crippen LogP contribution < -0.4 is 11.1 Å². The van der Waals surface area contributed by atoms with Gasteiger partial charge in [-0.1, -0.05) is 0 Å². The first-order valence-corrected chi connectivity index (χ1v) is 7.15. The molecule has 0 aliphatic rings. The van der Waals surface area contributed by atoms with E-state index in [0.29, 0.717) is 13.2 Å². The first kappa shape index (κ1) is 14.2. The molecule has 2 heterocycles. The molecule has 0 aliphatic carbocycles. The predicted molar refractivity (Wildman–Crippen MR) is 79.8 cm³/mol. The topological polar surface area (TPSA) is 73.1 Å². The van der Waals surface area contributed by atoms with Crippen LogP contribution >= 0.6 is 11.3 Å². The molecule has 0 amide bonds. The Labute approximate surface area is 117 Å². The Hall–Kier alpha value is -1.24. The summed E-state index contributed by atoms with van der Waals surface area (Å²) in [5, 5.41) is 4.54. The molecule has 6 heteroatoms. The zero-order valence-electron chi connectivity index (χ0n) is 11.6. The molecule has 2 aromatic rings. The Kier molecular flexibility index (Phi) is 4.68. The van der Waals surface area contributed by atoms with E-state index in [1.165, 1.54) is 10.4 Å². The number of nitrogens with two attached hydrogens (primary N) is 1. The molecule has 5 nitrogen and oxygen atoms in total. The third-order valence-electron chi connectivity index (χ3n) is 3.19. The summed E-state index contributed by atoms with van der Waals surface area (Å²) >= 11 is 1.70. The summed E-state index contributed by atoms with van der Waals surface area (Å²) in [5.74, 6) is 0.877. The van der Waals surface area contributed by atoms with E-state index in [-0.39, 0.29) is 6.04 Å². The summed E-state index contributed by atoms with van der Waals surface area (Å²) in [5.41, 5.74) is 6.88. The van der Waals surface area contributed by atoms with E-state index < -0.39 is 0 Å². The third kappa shape index (κ3) is 3.02. The number of hydrogen-bond donors (Lipinski definition) is 2. The van der Waals surface area contributed by atoms with Crippen LogP contribution in [0.3, 0.4) is 0 Å². The van der Waals surface area contributed by atoms with Crippen molar-refractivity contribution in [1.29, 1.82) is 0 Å². The maximum Gasteiger partial charge on any atom is 0.138 e. The molecule has 3 N–H and O–H groups in total. The van der Waals surface area contributed by atoms with E-state index >= 15 is 0 Å². The number of thiophene rings is 1. The Morgan fingerprint density at radius 3 is 2.89 bits per heavy atom. The number of aryl methyl sites for hydroxylation is 2. The van der Waals surface area contributed by atoms with Crippen LogP contribution in [0.2, 0.25) is 0 Å². The number of nitrogens with one attached hydrogen (secondary N) is 1. The molecule has 1 atom stereocenters. The highest BCUT2D eigenvalue weighted by atomic mass is 32.1. The molecule has 0 aliphatic heterocycles. The minimum absolute atomic E-state index is 0.174. The van der Waals surface area contributed by atoms with Gasteiger partial charge in [-0.05, 0) is 32.4 Å². The van der Waals surface area contributed by atoms with Gasteiger partial charge in [-0.25, -0.2) is 9.97 Å². The van der Waals surface area contributed by atoms with Crippen molar-refractivity contribution in [3.8, 4) is 0 Å². The summed E-state index contributed by atoms with van der Waals surface area (Å²) < 4.78 is 5.22. The van der Waals surface area contributed by atoms with Gasteiger partial charge in [0.1, 0.15) is 17.0 Å². The molecule has 0 saturated carbocycles. The van der Waals surface area contributed by atoms with Crippen LogP contribution in [0, 0.1) is 13.8 Å². The van der Waals surface area contributed by atoms with Crippen molar-refractivity contribution in [3.05, 3.63) is 16.8 Å². The predicted octanol–water partition coefficient (Wildman–Crippen LogP) is 2.08. The summed E-state index contributed by atoms with van der Waals surface area (Å²) in [6.07, 6.45) is 2.45. The summed E-state index contributed by atoms with van der Waals surface area (Å²) in [7, 11) is 1.70. The Morgan fingerprint density at radius 2 is 2.21 bits per heavy atom. The average Bonchev–Trinajstić information content (AvgIpc) is 2.67. The lowest BCUT2D eigenvalue weighted by Gasteiger charge is -2.18. The molecule has 0 aromatic carbocycles. The SMILES string of the molecule is COCC(CCN)Nc1ncnc2sc(C)c(C)c12. The molecule has 1 unspecified atom stereocenters. The van der Waals surface area contributed by atoms with Crippen LogP contribution in [0.1, 0.15) is 16.9 Å². The Balaban J connectivity index is 2.33. The standard InChI is InChI=1S/C13H20N4OS/c1-8-9(2)19-13-11(8)12(15-7-16-13)17-10(4-5-14)6-18-3/h7,10H,4-6,14H2,1-3H3,(H,15,16,17). The Morgan fingerprint density at radius 1 is 1.42 bits per heavy atom. The van der Waals surface area contributed by atoms with E-state index in [1.807, 2.05) is 0 Å². The first-order chi connectivity index (χ1) is 9.17. The minimum Gasteiger partial charge on any atom is -0.383 e. The molecule has 2 rings (SSSR count). The number of methoxy groups -OCH3 is 1. The second-order valence-electron chi connectivity index (χ2n) is 4.56. The smallest absolute Gasteiger partial charge is 0.138 e. The highest BCUT2D eigenvalue weighted by Crippen LogP contribution is 2.32. The van der Waals surface area contributed by atoms with Crippen molar-refractivity contribution in [2.75, 3.05) is 25.6 Å². The third-order valence-corrected chi connectivity index (χ3v) is 4.30. The van der Waals surface area contributed by atoms with Crippen LogP contribution in [-0.4, -0.2) is 36.3 Å². The van der Waals surface area contributed by atoms with Crippen molar-refractivity contribution in [3.63, 3.8) is 0 Å². The molecule has 0 fully saturated rings. The fourth-order valence-electron chi connectivity index (χ4n) is 2.08. The second-order valence-corrected chi connectivity index (χ2v) is 5.76. The van der Waals surface area contributed by atoms with Gasteiger partial charge in [0.15, 0.2) is 0 Å². The van der Waals surface area contributed by atoms with Gasteiger partial charge in [-0.15, -0.1) is 11.3 Å². The molecule has 0 radical (unpaired) electrons. The number of ether oxygens (including phenoxy) is 1. The van der Waals surface area contributed by atoms with Crippen molar-refractivity contribution in [1.82, 2.24) is 9.97 Å². The van der Waals surface area contributed by atoms with Crippen LogP contribution in [0.5, 0.6) is 0 Å². The largest absolute Gasteiger partial charge is 0.383 e. The number of fused-ring (bicyclic) bond motifs is 1. The number of anilines is 1. The maximum atomic E-state index is 5.63. The number of nitrogens with zero attached hydrogens (tertiary/aromatic N) is 2. The van der Waals surface area contributed by atoms with Gasteiger partial charge in [-0.3, -0.25) is 0 Å². The second kappa shape index (κ2) is 6.27. The van der Waals surface area contributed by atoms with Gasteiger partial charge in [0, 0.05) is 12.0 Å². The first-order valence-electron chi connectivity index (χ1n) is 6.33. The van der Waals surface area contributed by atoms with E-state index in [2.05, 4.69) is 29.1 Å². The lowest BCUT2D eigenvalue weighted by Crippen LogP contribution is -2.28. The molecule has 0 bridgehead atoms. The lowest BCUT2D eigenvalue weighted by atomic mass is 10.2. The van der Waals surface area contributed by atoms with Crippen molar-refractivity contribution in [2.45, 2.75) is 26.3 Å². The molecule has 2 aromatic heterocycles. The monoisotopic (exact) mass is 280 g/mol. The van der Waals surface area contributed by atoms with Gasteiger partial charge >= 0.3 is 0 Å².